The van der Waals surface area contributed by atoms with Crippen molar-refractivity contribution in [3.05, 3.63) is 0 Å². The number of carbonyl (C=O) groups excluding carboxylic acids is 2. The zero-order chi connectivity index (χ0) is 12.7. The van der Waals surface area contributed by atoms with Gasteiger partial charge in [-0.05, 0) is 33.2 Å². The van der Waals surface area contributed by atoms with Crippen LogP contribution in [0.1, 0.15) is 33.1 Å². The van der Waals surface area contributed by atoms with Gasteiger partial charge in [-0.25, -0.2) is 0 Å². The van der Waals surface area contributed by atoms with Crippen molar-refractivity contribution in [3.63, 3.8) is 0 Å². The number of hydrogen-bond acceptors (Lipinski definition) is 5. The number of likely N-dealkylation sites (tertiary alicyclic amines) is 1. The molecule has 5 heteroatoms. The van der Waals surface area contributed by atoms with Gasteiger partial charge < -0.3 is 9.47 Å². The molecule has 0 aromatic carbocycles. The smallest absolute Gasteiger partial charge is 0.323 e. The monoisotopic (exact) mass is 243 g/mol. The molecule has 0 N–H and O–H groups in total. The Morgan fingerprint density at radius 1 is 1.18 bits per heavy atom. The highest BCUT2D eigenvalue weighted by Crippen LogP contribution is 2.18. The lowest BCUT2D eigenvalue weighted by atomic mass is 10.0. The average Bonchev–Trinajstić information content (AvgIpc) is 2.30. The summed E-state index contributed by atoms with van der Waals surface area (Å²) in [5.41, 5.74) is 0. The number of ether oxygens (including phenoxy) is 2. The van der Waals surface area contributed by atoms with E-state index in [0.29, 0.717) is 13.2 Å². The van der Waals surface area contributed by atoms with Crippen LogP contribution in [0.4, 0.5) is 0 Å². The first kappa shape index (κ1) is 14.0. The molecule has 5 nitrogen and oxygen atoms in total. The highest BCUT2D eigenvalue weighted by molar-refractivity contribution is 5.78. The number of hydrogen-bond donors (Lipinski definition) is 0. The second-order valence-electron chi connectivity index (χ2n) is 4.04. The molecule has 0 aromatic rings. The summed E-state index contributed by atoms with van der Waals surface area (Å²) in [7, 11) is 0. The van der Waals surface area contributed by atoms with Gasteiger partial charge in [0, 0.05) is 0 Å². The van der Waals surface area contributed by atoms with E-state index in [1.807, 2.05) is 4.90 Å². The molecule has 1 heterocycles. The first-order valence-electron chi connectivity index (χ1n) is 6.25. The zero-order valence-electron chi connectivity index (χ0n) is 10.6. The van der Waals surface area contributed by atoms with Gasteiger partial charge in [-0.1, -0.05) is 6.42 Å². The number of piperidine rings is 1. The minimum absolute atomic E-state index is 0.178. The topological polar surface area (TPSA) is 55.8 Å². The van der Waals surface area contributed by atoms with Gasteiger partial charge in [0.25, 0.3) is 0 Å². The molecule has 0 aromatic heterocycles. The van der Waals surface area contributed by atoms with Crippen LogP contribution in [0, 0.1) is 0 Å². The third-order valence-corrected chi connectivity index (χ3v) is 2.81. The Labute approximate surface area is 102 Å². The molecule has 98 valence electrons. The highest BCUT2D eigenvalue weighted by Gasteiger charge is 2.31. The standard InChI is InChI=1S/C12H21NO4/c1-3-16-11(14)9-13-8-6-5-7-10(13)12(15)17-4-2/h10H,3-9H2,1-2H3. The fourth-order valence-electron chi connectivity index (χ4n) is 2.06. The SMILES string of the molecule is CCOC(=O)CN1CCCCC1C(=O)OCC. The van der Waals surface area contributed by atoms with Crippen LogP contribution in [0.5, 0.6) is 0 Å². The minimum atomic E-state index is -0.284. The van der Waals surface area contributed by atoms with E-state index in [1.165, 1.54) is 0 Å². The minimum Gasteiger partial charge on any atom is -0.465 e. The largest absolute Gasteiger partial charge is 0.465 e. The highest BCUT2D eigenvalue weighted by atomic mass is 16.5. The molecular weight excluding hydrogens is 222 g/mol. The van der Waals surface area contributed by atoms with Crippen LogP contribution >= 0.6 is 0 Å². The van der Waals surface area contributed by atoms with Crippen LogP contribution in [0.3, 0.4) is 0 Å². The number of nitrogens with zero attached hydrogens (tertiary/aromatic N) is 1. The summed E-state index contributed by atoms with van der Waals surface area (Å²) in [5.74, 6) is -0.500. The van der Waals surface area contributed by atoms with Gasteiger partial charge in [0.15, 0.2) is 0 Å². The van der Waals surface area contributed by atoms with Gasteiger partial charge in [0.2, 0.25) is 0 Å². The van der Waals surface area contributed by atoms with E-state index in [2.05, 4.69) is 0 Å². The van der Waals surface area contributed by atoms with Crippen LogP contribution in [-0.2, 0) is 19.1 Å². The van der Waals surface area contributed by atoms with Crippen molar-refractivity contribution in [2.24, 2.45) is 0 Å². The van der Waals surface area contributed by atoms with E-state index < -0.39 is 0 Å². The molecule has 1 unspecified atom stereocenters. The van der Waals surface area contributed by atoms with E-state index in [9.17, 15) is 9.59 Å². The van der Waals surface area contributed by atoms with Gasteiger partial charge in [-0.15, -0.1) is 0 Å². The summed E-state index contributed by atoms with van der Waals surface area (Å²) >= 11 is 0. The van der Waals surface area contributed by atoms with Gasteiger partial charge in [0.1, 0.15) is 6.04 Å². The van der Waals surface area contributed by atoms with Crippen molar-refractivity contribution in [1.82, 2.24) is 4.90 Å². The molecule has 1 fully saturated rings. The Morgan fingerprint density at radius 2 is 1.88 bits per heavy atom. The maximum atomic E-state index is 11.7. The quantitative estimate of drug-likeness (QED) is 0.673. The first-order valence-corrected chi connectivity index (χ1v) is 6.25. The number of rotatable bonds is 5. The Morgan fingerprint density at radius 3 is 2.53 bits per heavy atom. The Bertz CT molecular complexity index is 267. The molecule has 0 spiro atoms. The molecule has 0 saturated carbocycles. The van der Waals surface area contributed by atoms with Gasteiger partial charge >= 0.3 is 11.9 Å². The average molecular weight is 243 g/mol. The summed E-state index contributed by atoms with van der Waals surface area (Å²) < 4.78 is 9.92. The first-order chi connectivity index (χ1) is 8.19. The Balaban J connectivity index is 2.53. The van der Waals surface area contributed by atoms with E-state index in [4.69, 9.17) is 9.47 Å². The normalized spacial score (nSPS) is 20.9. The van der Waals surface area contributed by atoms with Crippen molar-refractivity contribution in [3.8, 4) is 0 Å². The Hall–Kier alpha value is -1.10. The zero-order valence-corrected chi connectivity index (χ0v) is 10.6. The summed E-state index contributed by atoms with van der Waals surface area (Å²) in [4.78, 5) is 25.0. The maximum Gasteiger partial charge on any atom is 0.323 e. The van der Waals surface area contributed by atoms with Gasteiger partial charge in [-0.2, -0.15) is 0 Å². The van der Waals surface area contributed by atoms with Crippen molar-refractivity contribution in [2.45, 2.75) is 39.2 Å². The van der Waals surface area contributed by atoms with Gasteiger partial charge in [-0.3, -0.25) is 14.5 Å². The van der Waals surface area contributed by atoms with Crippen LogP contribution in [0.15, 0.2) is 0 Å². The lowest BCUT2D eigenvalue weighted by Gasteiger charge is -2.32. The number of carbonyl (C=O) groups is 2. The molecule has 1 rings (SSSR count). The van der Waals surface area contributed by atoms with Crippen molar-refractivity contribution in [2.75, 3.05) is 26.3 Å². The predicted molar refractivity (Wildman–Crippen MR) is 62.5 cm³/mol. The molecular formula is C12H21NO4. The summed E-state index contributed by atoms with van der Waals surface area (Å²) in [5, 5.41) is 0. The van der Waals surface area contributed by atoms with E-state index >= 15 is 0 Å². The van der Waals surface area contributed by atoms with E-state index in [0.717, 1.165) is 25.8 Å². The molecule has 1 atom stereocenters. The molecule has 1 aliphatic rings. The van der Waals surface area contributed by atoms with E-state index in [1.54, 1.807) is 13.8 Å². The molecule has 0 aliphatic carbocycles. The maximum absolute atomic E-state index is 11.7. The molecule has 0 bridgehead atoms. The van der Waals surface area contributed by atoms with Crippen LogP contribution in [0.25, 0.3) is 0 Å². The second-order valence-corrected chi connectivity index (χ2v) is 4.04. The van der Waals surface area contributed by atoms with Crippen molar-refractivity contribution < 1.29 is 19.1 Å². The lowest BCUT2D eigenvalue weighted by molar-refractivity contribution is -0.154. The second kappa shape index (κ2) is 7.27. The molecule has 1 aliphatic heterocycles. The van der Waals surface area contributed by atoms with Crippen molar-refractivity contribution >= 4 is 11.9 Å². The number of esters is 2. The third-order valence-electron chi connectivity index (χ3n) is 2.81. The van der Waals surface area contributed by atoms with Crippen LogP contribution < -0.4 is 0 Å². The van der Waals surface area contributed by atoms with Crippen molar-refractivity contribution in [1.29, 1.82) is 0 Å². The fourth-order valence-corrected chi connectivity index (χ4v) is 2.06. The van der Waals surface area contributed by atoms with Crippen LogP contribution in [0.2, 0.25) is 0 Å². The molecule has 0 amide bonds. The fraction of sp³-hybridized carbons (Fsp3) is 0.833. The Kier molecular flexibility index (Phi) is 5.97. The predicted octanol–water partition coefficient (Wildman–Crippen LogP) is 0.967. The summed E-state index contributed by atoms with van der Waals surface area (Å²) in [6, 6.07) is -0.284. The molecule has 17 heavy (non-hydrogen) atoms. The lowest BCUT2D eigenvalue weighted by Crippen LogP contribution is -2.47. The molecule has 1 saturated heterocycles. The molecule has 0 radical (unpaired) electrons. The summed E-state index contributed by atoms with van der Waals surface area (Å²) in [6.45, 7) is 5.24. The summed E-state index contributed by atoms with van der Waals surface area (Å²) in [6.07, 6.45) is 2.77. The van der Waals surface area contributed by atoms with E-state index in [-0.39, 0.29) is 24.5 Å². The third kappa shape index (κ3) is 4.34. The van der Waals surface area contributed by atoms with Crippen LogP contribution in [-0.4, -0.2) is 49.2 Å². The van der Waals surface area contributed by atoms with Gasteiger partial charge in [0.05, 0.1) is 19.8 Å².